The van der Waals surface area contributed by atoms with E-state index in [4.69, 9.17) is 28.3 Å². The quantitative estimate of drug-likeness (QED) is 0.705. The fraction of sp³-hybridized carbons (Fsp3) is 0.188. The number of alkyl halides is 3. The third-order valence-corrected chi connectivity index (χ3v) is 6.00. The second kappa shape index (κ2) is 7.95. The van der Waals surface area contributed by atoms with Gasteiger partial charge in [-0.2, -0.15) is 13.2 Å². The van der Waals surface area contributed by atoms with Gasteiger partial charge in [0.25, 0.3) is 10.0 Å². The lowest BCUT2D eigenvalue weighted by Gasteiger charge is -2.25. The van der Waals surface area contributed by atoms with E-state index >= 15 is 0 Å². The predicted molar refractivity (Wildman–Crippen MR) is 94.7 cm³/mol. The second-order valence-corrected chi connectivity index (χ2v) is 8.02. The van der Waals surface area contributed by atoms with E-state index in [1.807, 2.05) is 0 Å². The van der Waals surface area contributed by atoms with Crippen LogP contribution in [0.3, 0.4) is 0 Å². The van der Waals surface area contributed by atoms with Gasteiger partial charge in [0.15, 0.2) is 0 Å². The Morgan fingerprint density at radius 1 is 1.11 bits per heavy atom. The molecule has 0 atom stereocenters. The Hall–Kier alpha value is -1.97. The number of carboxylic acids is 1. The summed E-state index contributed by atoms with van der Waals surface area (Å²) in [6.07, 6.45) is -5.33. The van der Waals surface area contributed by atoms with Gasteiger partial charge in [0.05, 0.1) is 22.7 Å². The third-order valence-electron chi connectivity index (χ3n) is 3.45. The highest BCUT2D eigenvalue weighted by atomic mass is 35.5. The lowest BCUT2D eigenvalue weighted by molar-refractivity contribution is -0.138. The molecule has 0 saturated carbocycles. The van der Waals surface area contributed by atoms with Crippen LogP contribution in [0.15, 0.2) is 47.4 Å². The van der Waals surface area contributed by atoms with E-state index in [-0.39, 0.29) is 15.7 Å². The molecule has 2 aromatic carbocycles. The van der Waals surface area contributed by atoms with Crippen molar-refractivity contribution in [1.29, 1.82) is 0 Å². The molecule has 5 nitrogen and oxygen atoms in total. The molecule has 0 aliphatic heterocycles. The number of anilines is 1. The van der Waals surface area contributed by atoms with Crippen LogP contribution in [-0.4, -0.2) is 26.0 Å². The molecule has 0 aromatic heterocycles. The number of aliphatic carboxylic acids is 1. The molecule has 1 N–H and O–H groups in total. The highest BCUT2D eigenvalue weighted by Crippen LogP contribution is 2.35. The molecule has 2 aromatic rings. The number of benzene rings is 2. The number of nitrogens with zero attached hydrogens (tertiary/aromatic N) is 1. The molecule has 0 unspecified atom stereocenters. The van der Waals surface area contributed by atoms with Crippen LogP contribution in [0.5, 0.6) is 0 Å². The van der Waals surface area contributed by atoms with E-state index < -0.39 is 45.6 Å². The topological polar surface area (TPSA) is 74.7 Å². The van der Waals surface area contributed by atoms with E-state index in [1.54, 1.807) is 0 Å². The van der Waals surface area contributed by atoms with E-state index in [9.17, 15) is 26.4 Å². The van der Waals surface area contributed by atoms with Crippen LogP contribution in [0.2, 0.25) is 10.0 Å². The van der Waals surface area contributed by atoms with Crippen LogP contribution in [-0.2, 0) is 21.0 Å². The lowest BCUT2D eigenvalue weighted by Crippen LogP contribution is -2.33. The van der Waals surface area contributed by atoms with E-state index in [1.165, 1.54) is 12.1 Å². The monoisotopic (exact) mass is 441 g/mol. The summed E-state index contributed by atoms with van der Waals surface area (Å²) < 4.78 is 65.5. The van der Waals surface area contributed by atoms with E-state index in [0.717, 1.165) is 24.3 Å². The average Bonchev–Trinajstić information content (AvgIpc) is 2.56. The largest absolute Gasteiger partial charge is 0.481 e. The fourth-order valence-electron chi connectivity index (χ4n) is 2.22. The van der Waals surface area contributed by atoms with Crippen molar-refractivity contribution in [1.82, 2.24) is 0 Å². The first kappa shape index (κ1) is 21.3. The minimum Gasteiger partial charge on any atom is -0.481 e. The zero-order valence-electron chi connectivity index (χ0n) is 13.4. The van der Waals surface area contributed by atoms with Gasteiger partial charge >= 0.3 is 12.1 Å². The van der Waals surface area contributed by atoms with Crippen molar-refractivity contribution in [2.24, 2.45) is 0 Å². The van der Waals surface area contributed by atoms with Gasteiger partial charge in [-0.3, -0.25) is 9.10 Å². The highest BCUT2D eigenvalue weighted by Gasteiger charge is 2.33. The van der Waals surface area contributed by atoms with Crippen LogP contribution < -0.4 is 4.31 Å². The van der Waals surface area contributed by atoms with Crippen LogP contribution in [0.4, 0.5) is 18.9 Å². The summed E-state index contributed by atoms with van der Waals surface area (Å²) >= 11 is 11.7. The zero-order valence-corrected chi connectivity index (χ0v) is 15.7. The van der Waals surface area contributed by atoms with Crippen molar-refractivity contribution in [2.75, 3.05) is 10.8 Å². The molecule has 0 radical (unpaired) electrons. The van der Waals surface area contributed by atoms with Gasteiger partial charge in [0, 0.05) is 11.6 Å². The number of rotatable bonds is 6. The summed E-state index contributed by atoms with van der Waals surface area (Å²) in [5.41, 5.74) is -1.42. The second-order valence-electron chi connectivity index (χ2n) is 5.34. The number of halogens is 5. The van der Waals surface area contributed by atoms with Crippen molar-refractivity contribution in [2.45, 2.75) is 17.5 Å². The Morgan fingerprint density at radius 2 is 1.78 bits per heavy atom. The Morgan fingerprint density at radius 3 is 2.37 bits per heavy atom. The van der Waals surface area contributed by atoms with E-state index in [2.05, 4.69) is 0 Å². The molecule has 2 rings (SSSR count). The van der Waals surface area contributed by atoms with Gasteiger partial charge in [-0.1, -0.05) is 29.3 Å². The van der Waals surface area contributed by atoms with Gasteiger partial charge in [-0.25, -0.2) is 8.42 Å². The Kier molecular flexibility index (Phi) is 6.28. The Labute approximate surface area is 163 Å². The van der Waals surface area contributed by atoms with Gasteiger partial charge in [-0.15, -0.1) is 0 Å². The smallest absolute Gasteiger partial charge is 0.416 e. The molecule has 0 aliphatic carbocycles. The molecular formula is C16H12Cl2F3NO4S. The van der Waals surface area contributed by atoms with Crippen molar-refractivity contribution in [3.8, 4) is 0 Å². The summed E-state index contributed by atoms with van der Waals surface area (Å²) in [6, 6.07) is 7.16. The number of hydrogen-bond acceptors (Lipinski definition) is 3. The van der Waals surface area contributed by atoms with Crippen LogP contribution in [0.25, 0.3) is 0 Å². The fourth-order valence-corrected chi connectivity index (χ4v) is 4.41. The number of carbonyl (C=O) groups is 1. The van der Waals surface area contributed by atoms with Gasteiger partial charge in [0.1, 0.15) is 4.90 Å². The first-order valence-corrected chi connectivity index (χ1v) is 9.49. The highest BCUT2D eigenvalue weighted by molar-refractivity contribution is 7.93. The first-order valence-electron chi connectivity index (χ1n) is 7.30. The molecule has 0 heterocycles. The normalized spacial score (nSPS) is 12.0. The van der Waals surface area contributed by atoms with Crippen LogP contribution >= 0.6 is 23.2 Å². The van der Waals surface area contributed by atoms with Crippen LogP contribution in [0, 0.1) is 0 Å². The predicted octanol–water partition coefficient (Wildman–Crippen LogP) is 4.68. The maximum absolute atomic E-state index is 13.0. The molecule has 0 bridgehead atoms. The third kappa shape index (κ3) is 5.06. The molecule has 27 heavy (non-hydrogen) atoms. The van der Waals surface area contributed by atoms with E-state index in [0.29, 0.717) is 10.4 Å². The molecule has 0 spiro atoms. The maximum Gasteiger partial charge on any atom is 0.416 e. The summed E-state index contributed by atoms with van der Waals surface area (Å²) in [7, 11) is -4.48. The minimum atomic E-state index is -4.70. The zero-order chi connectivity index (χ0) is 20.4. The summed E-state index contributed by atoms with van der Waals surface area (Å²) in [4.78, 5) is 10.5. The van der Waals surface area contributed by atoms with Crippen molar-refractivity contribution >= 4 is 44.9 Å². The standard InChI is InChI=1S/C16H12Cl2F3NO4S/c17-11-4-5-13(18)14(9-11)27(25,26)22(7-6-15(23)24)12-3-1-2-10(8-12)16(19,20)21/h1-5,8-9H,6-7H2,(H,23,24). The Bertz CT molecular complexity index is 964. The van der Waals surface area contributed by atoms with Gasteiger partial charge in [-0.05, 0) is 36.4 Å². The summed E-state index contributed by atoms with van der Waals surface area (Å²) in [6.45, 7) is -0.595. The molecule has 0 saturated heterocycles. The first-order chi connectivity index (χ1) is 12.4. The molecule has 11 heteroatoms. The van der Waals surface area contributed by atoms with Crippen molar-refractivity contribution in [3.63, 3.8) is 0 Å². The van der Waals surface area contributed by atoms with Gasteiger partial charge in [0.2, 0.25) is 0 Å². The maximum atomic E-state index is 13.0. The number of carboxylic acid groups (broad SMARTS) is 1. The molecular weight excluding hydrogens is 430 g/mol. The summed E-state index contributed by atoms with van der Waals surface area (Å²) in [5.74, 6) is -1.32. The lowest BCUT2D eigenvalue weighted by atomic mass is 10.2. The van der Waals surface area contributed by atoms with Crippen molar-refractivity contribution < 1.29 is 31.5 Å². The van der Waals surface area contributed by atoms with Gasteiger partial charge < -0.3 is 5.11 Å². The summed E-state index contributed by atoms with van der Waals surface area (Å²) in [5, 5.41) is 8.72. The average molecular weight is 442 g/mol. The molecule has 0 amide bonds. The minimum absolute atomic E-state index is 0.0419. The number of sulfonamides is 1. The SMILES string of the molecule is O=C(O)CCN(c1cccc(C(F)(F)F)c1)S(=O)(=O)c1cc(Cl)ccc1Cl. The Balaban J connectivity index is 2.61. The van der Waals surface area contributed by atoms with Crippen molar-refractivity contribution in [3.05, 3.63) is 58.1 Å². The molecule has 0 fully saturated rings. The van der Waals surface area contributed by atoms with Crippen LogP contribution in [0.1, 0.15) is 12.0 Å². The number of hydrogen-bond donors (Lipinski definition) is 1. The molecule has 0 aliphatic rings. The molecule has 146 valence electrons.